The molecule has 0 radical (unpaired) electrons. The molecular formula is C22H19Cl2F3N2O4S. The van der Waals surface area contributed by atoms with Crippen LogP contribution in [-0.2, 0) is 5.41 Å². The molecule has 1 atom stereocenters. The van der Waals surface area contributed by atoms with Crippen LogP contribution in [0.2, 0.25) is 10.0 Å². The second-order valence-electron chi connectivity index (χ2n) is 8.07. The van der Waals surface area contributed by atoms with Gasteiger partial charge < -0.3 is 5.32 Å². The Bertz CT molecular complexity index is 1120. The molecule has 2 aromatic carbocycles. The minimum Gasteiger partial charge on any atom is -0.348 e. The molecule has 0 bridgehead atoms. The Hall–Kier alpha value is -2.30. The highest BCUT2D eigenvalue weighted by atomic mass is 35.5. The zero-order valence-electron chi connectivity index (χ0n) is 17.7. The number of carbonyl (C=O) groups is 2. The summed E-state index contributed by atoms with van der Waals surface area (Å²) in [4.78, 5) is 35.6. The Labute approximate surface area is 207 Å². The summed E-state index contributed by atoms with van der Waals surface area (Å²) < 4.78 is 43.1. The number of nitrogens with one attached hydrogen (secondary N) is 1. The van der Waals surface area contributed by atoms with Crippen molar-refractivity contribution in [2.45, 2.75) is 31.0 Å². The molecule has 1 unspecified atom stereocenters. The highest BCUT2D eigenvalue weighted by Crippen LogP contribution is 2.46. The van der Waals surface area contributed by atoms with E-state index in [0.717, 1.165) is 23.6 Å². The highest BCUT2D eigenvalue weighted by Gasteiger charge is 2.60. The lowest BCUT2D eigenvalue weighted by Crippen LogP contribution is -2.49. The van der Waals surface area contributed by atoms with Crippen molar-refractivity contribution in [2.75, 3.05) is 18.1 Å². The molecule has 1 N–H and O–H groups in total. The SMILES string of the molecule is Cc1cc(C(=O)CC(C[N+](=O)[O-])(c2cc(Cl)cc(Cl)c2)C(F)(F)F)ccc1C(=O)NC1CSC1. The molecule has 34 heavy (non-hydrogen) atoms. The summed E-state index contributed by atoms with van der Waals surface area (Å²) in [5, 5.41) is 13.8. The van der Waals surface area contributed by atoms with Gasteiger partial charge in [0.15, 0.2) is 11.2 Å². The van der Waals surface area contributed by atoms with Crippen molar-refractivity contribution < 1.29 is 27.7 Å². The van der Waals surface area contributed by atoms with Crippen molar-refractivity contribution in [3.8, 4) is 0 Å². The molecule has 1 aliphatic heterocycles. The number of alkyl halides is 3. The smallest absolute Gasteiger partial charge is 0.348 e. The van der Waals surface area contributed by atoms with E-state index in [0.29, 0.717) is 11.1 Å². The van der Waals surface area contributed by atoms with Gasteiger partial charge in [-0.3, -0.25) is 19.7 Å². The van der Waals surface area contributed by atoms with Gasteiger partial charge >= 0.3 is 6.18 Å². The van der Waals surface area contributed by atoms with Crippen molar-refractivity contribution >= 4 is 46.7 Å². The fourth-order valence-electron chi connectivity index (χ4n) is 3.70. The van der Waals surface area contributed by atoms with Crippen molar-refractivity contribution in [1.29, 1.82) is 0 Å². The van der Waals surface area contributed by atoms with Crippen LogP contribution >= 0.6 is 35.0 Å². The van der Waals surface area contributed by atoms with Crippen LogP contribution in [0.15, 0.2) is 36.4 Å². The van der Waals surface area contributed by atoms with Crippen molar-refractivity contribution in [1.82, 2.24) is 5.32 Å². The van der Waals surface area contributed by atoms with Crippen LogP contribution in [0.5, 0.6) is 0 Å². The number of ketones is 1. The zero-order valence-corrected chi connectivity index (χ0v) is 20.1. The molecule has 182 valence electrons. The number of amides is 1. The number of aryl methyl sites for hydroxylation is 1. The number of hydrogen-bond donors (Lipinski definition) is 1. The summed E-state index contributed by atoms with van der Waals surface area (Å²) in [6, 6.07) is 7.02. The molecule has 1 saturated heterocycles. The van der Waals surface area contributed by atoms with Gasteiger partial charge in [-0.2, -0.15) is 24.9 Å². The number of benzene rings is 2. The normalized spacial score (nSPS) is 15.8. The molecule has 0 saturated carbocycles. The Morgan fingerprint density at radius 3 is 2.24 bits per heavy atom. The van der Waals surface area contributed by atoms with E-state index in [1.165, 1.54) is 24.3 Å². The molecule has 0 aliphatic carbocycles. The van der Waals surface area contributed by atoms with Crippen LogP contribution in [0.25, 0.3) is 0 Å². The first-order valence-electron chi connectivity index (χ1n) is 10.00. The molecule has 1 amide bonds. The molecule has 1 fully saturated rings. The maximum atomic E-state index is 14.4. The van der Waals surface area contributed by atoms with Crippen LogP contribution in [0.1, 0.15) is 38.3 Å². The van der Waals surface area contributed by atoms with E-state index in [9.17, 15) is 32.9 Å². The largest absolute Gasteiger partial charge is 0.405 e. The minimum atomic E-state index is -5.17. The summed E-state index contributed by atoms with van der Waals surface area (Å²) in [5.41, 5.74) is -3.14. The van der Waals surface area contributed by atoms with Crippen LogP contribution in [0, 0.1) is 17.0 Å². The fourth-order valence-corrected chi connectivity index (χ4v) is 4.87. The van der Waals surface area contributed by atoms with Crippen molar-refractivity contribution in [2.24, 2.45) is 0 Å². The number of hydrogen-bond acceptors (Lipinski definition) is 5. The lowest BCUT2D eigenvalue weighted by atomic mass is 9.74. The summed E-state index contributed by atoms with van der Waals surface area (Å²) in [5.74, 6) is 0.282. The Morgan fingerprint density at radius 1 is 1.15 bits per heavy atom. The van der Waals surface area contributed by atoms with Gasteiger partial charge in [0, 0.05) is 50.1 Å². The van der Waals surface area contributed by atoms with Gasteiger partial charge in [-0.1, -0.05) is 29.3 Å². The van der Waals surface area contributed by atoms with Crippen LogP contribution in [-0.4, -0.2) is 46.9 Å². The second kappa shape index (κ2) is 10.1. The summed E-state index contributed by atoms with van der Waals surface area (Å²) >= 11 is 13.4. The molecule has 12 heteroatoms. The van der Waals surface area contributed by atoms with E-state index >= 15 is 0 Å². The van der Waals surface area contributed by atoms with Gasteiger partial charge in [-0.25, -0.2) is 0 Å². The number of carbonyl (C=O) groups excluding carboxylic acids is 2. The highest BCUT2D eigenvalue weighted by molar-refractivity contribution is 8.00. The topological polar surface area (TPSA) is 89.3 Å². The van der Waals surface area contributed by atoms with E-state index in [1.807, 2.05) is 0 Å². The summed E-state index contributed by atoms with van der Waals surface area (Å²) in [6.07, 6.45) is -6.40. The molecule has 6 nitrogen and oxygen atoms in total. The Morgan fingerprint density at radius 2 is 1.76 bits per heavy atom. The lowest BCUT2D eigenvalue weighted by Gasteiger charge is -2.32. The second-order valence-corrected chi connectivity index (χ2v) is 10.0. The molecule has 1 aliphatic rings. The van der Waals surface area contributed by atoms with Gasteiger partial charge in [-0.15, -0.1) is 0 Å². The van der Waals surface area contributed by atoms with E-state index < -0.39 is 40.8 Å². The maximum absolute atomic E-state index is 14.4. The number of rotatable bonds is 8. The molecule has 3 rings (SSSR count). The standard InChI is InChI=1S/C22H19Cl2F3N2O4S/c1-12-4-13(2-3-18(12)20(31)28-17-9-34-10-17)19(30)8-21(11-29(32)33,22(25,26)27)14-5-15(23)7-16(24)6-14/h2-7,17H,8-11H2,1H3,(H,28,31). The number of nitro groups is 1. The summed E-state index contributed by atoms with van der Waals surface area (Å²) in [6.45, 7) is -0.0240. The molecule has 0 aromatic heterocycles. The van der Waals surface area contributed by atoms with Gasteiger partial charge in [-0.05, 0) is 48.4 Å². The summed E-state index contributed by atoms with van der Waals surface area (Å²) in [7, 11) is 0. The Kier molecular flexibility index (Phi) is 7.84. The third kappa shape index (κ3) is 5.67. The third-order valence-electron chi connectivity index (χ3n) is 5.59. The van der Waals surface area contributed by atoms with E-state index in [-0.39, 0.29) is 27.6 Å². The van der Waals surface area contributed by atoms with E-state index in [1.54, 1.807) is 18.7 Å². The van der Waals surface area contributed by atoms with Gasteiger partial charge in [0.1, 0.15) is 0 Å². The van der Waals surface area contributed by atoms with E-state index in [2.05, 4.69) is 5.32 Å². The van der Waals surface area contributed by atoms with Crippen LogP contribution < -0.4 is 5.32 Å². The fraction of sp³-hybridized carbons (Fsp3) is 0.364. The van der Waals surface area contributed by atoms with Crippen LogP contribution in [0.3, 0.4) is 0 Å². The average Bonchev–Trinajstić information content (AvgIpc) is 2.67. The molecule has 0 spiro atoms. The minimum absolute atomic E-state index is 0.0530. The number of halogens is 5. The first kappa shape index (κ1) is 26.3. The van der Waals surface area contributed by atoms with Crippen molar-refractivity contribution in [3.63, 3.8) is 0 Å². The number of Topliss-reactive ketones (excluding diaryl/α,β-unsaturated/α-hetero) is 1. The maximum Gasteiger partial charge on any atom is 0.405 e. The monoisotopic (exact) mass is 534 g/mol. The van der Waals surface area contributed by atoms with Crippen molar-refractivity contribution in [3.05, 3.63) is 78.8 Å². The van der Waals surface area contributed by atoms with Gasteiger partial charge in [0.05, 0.1) is 0 Å². The average molecular weight is 535 g/mol. The predicted octanol–water partition coefficient (Wildman–Crippen LogP) is 5.50. The predicted molar refractivity (Wildman–Crippen MR) is 125 cm³/mol. The zero-order chi connectivity index (χ0) is 25.3. The van der Waals surface area contributed by atoms with E-state index in [4.69, 9.17) is 23.2 Å². The Balaban J connectivity index is 1.97. The van der Waals surface area contributed by atoms with Gasteiger partial charge in [0.25, 0.3) is 5.91 Å². The first-order chi connectivity index (χ1) is 15.8. The number of nitrogens with zero attached hydrogens (tertiary/aromatic N) is 1. The third-order valence-corrected chi connectivity index (χ3v) is 7.30. The first-order valence-corrected chi connectivity index (χ1v) is 11.9. The number of thioether (sulfide) groups is 1. The molecule has 1 heterocycles. The van der Waals surface area contributed by atoms with Crippen LogP contribution in [0.4, 0.5) is 13.2 Å². The van der Waals surface area contributed by atoms with Gasteiger partial charge in [0.2, 0.25) is 6.54 Å². The molecular weight excluding hydrogens is 516 g/mol. The molecule has 2 aromatic rings. The lowest BCUT2D eigenvalue weighted by molar-refractivity contribution is -0.501. The quantitative estimate of drug-likeness (QED) is 0.274.